The highest BCUT2D eigenvalue weighted by Gasteiger charge is 2.17. The molecule has 0 spiro atoms. The molecule has 2 aromatic carbocycles. The van der Waals surface area contributed by atoms with Gasteiger partial charge >= 0.3 is 5.97 Å². The van der Waals surface area contributed by atoms with Crippen LogP contribution in [0, 0.1) is 0 Å². The minimum absolute atomic E-state index is 0.187. The van der Waals surface area contributed by atoms with Gasteiger partial charge in [-0.3, -0.25) is 14.6 Å². The Labute approximate surface area is 189 Å². The molecule has 2 N–H and O–H groups in total. The standard InChI is InChI=1S/C25H20N4O4/c1-16(30)27-17-9-11-18(12-10-17)28-24(31)15-33-25(32)20-14-23(22-8-4-5-13-26-22)29-21-7-3-2-6-19(20)21/h2-14H,15H2,1H3,(H,27,30)(H,28,31). The van der Waals surface area contributed by atoms with Crippen molar-refractivity contribution in [3.8, 4) is 11.4 Å². The van der Waals surface area contributed by atoms with Crippen LogP contribution in [0.5, 0.6) is 0 Å². The molecule has 0 radical (unpaired) electrons. The van der Waals surface area contributed by atoms with Gasteiger partial charge in [-0.05, 0) is 48.5 Å². The van der Waals surface area contributed by atoms with Crippen molar-refractivity contribution in [2.45, 2.75) is 6.92 Å². The van der Waals surface area contributed by atoms with Gasteiger partial charge in [0.1, 0.15) is 0 Å². The van der Waals surface area contributed by atoms with E-state index in [0.29, 0.717) is 39.2 Å². The predicted molar refractivity (Wildman–Crippen MR) is 125 cm³/mol. The minimum atomic E-state index is -0.637. The number of ether oxygens (including phenoxy) is 1. The summed E-state index contributed by atoms with van der Waals surface area (Å²) in [6, 6.07) is 20.9. The van der Waals surface area contributed by atoms with E-state index in [-0.39, 0.29) is 5.91 Å². The van der Waals surface area contributed by atoms with Gasteiger partial charge in [0.15, 0.2) is 6.61 Å². The highest BCUT2D eigenvalue weighted by Crippen LogP contribution is 2.24. The summed E-state index contributed by atoms with van der Waals surface area (Å²) in [6.07, 6.45) is 1.65. The van der Waals surface area contributed by atoms with Crippen molar-refractivity contribution in [2.24, 2.45) is 0 Å². The van der Waals surface area contributed by atoms with Crippen molar-refractivity contribution in [3.63, 3.8) is 0 Å². The molecule has 2 aromatic heterocycles. The van der Waals surface area contributed by atoms with Gasteiger partial charge in [0.05, 0.1) is 22.5 Å². The lowest BCUT2D eigenvalue weighted by atomic mass is 10.1. The lowest BCUT2D eigenvalue weighted by molar-refractivity contribution is -0.119. The summed E-state index contributed by atoms with van der Waals surface area (Å²) in [5.74, 6) is -1.31. The molecule has 8 nitrogen and oxygen atoms in total. The zero-order valence-corrected chi connectivity index (χ0v) is 17.7. The predicted octanol–water partition coefficient (Wildman–Crippen LogP) is 4.05. The van der Waals surface area contributed by atoms with Crippen molar-refractivity contribution < 1.29 is 19.1 Å². The molecule has 0 saturated heterocycles. The molecule has 33 heavy (non-hydrogen) atoms. The van der Waals surface area contributed by atoms with E-state index in [1.54, 1.807) is 66.9 Å². The van der Waals surface area contributed by atoms with Crippen LogP contribution in [0.1, 0.15) is 17.3 Å². The molecule has 8 heteroatoms. The summed E-state index contributed by atoms with van der Waals surface area (Å²) < 4.78 is 5.28. The first-order chi connectivity index (χ1) is 16.0. The van der Waals surface area contributed by atoms with Crippen LogP contribution in [-0.2, 0) is 14.3 Å². The number of fused-ring (bicyclic) bond motifs is 1. The van der Waals surface area contributed by atoms with Gasteiger partial charge in [-0.25, -0.2) is 9.78 Å². The lowest BCUT2D eigenvalue weighted by Crippen LogP contribution is -2.21. The zero-order valence-electron chi connectivity index (χ0n) is 17.7. The molecule has 2 amide bonds. The van der Waals surface area contributed by atoms with Crippen LogP contribution in [0.4, 0.5) is 11.4 Å². The van der Waals surface area contributed by atoms with Crippen molar-refractivity contribution in [1.29, 1.82) is 0 Å². The van der Waals surface area contributed by atoms with Crippen molar-refractivity contribution >= 4 is 40.1 Å². The maximum atomic E-state index is 12.9. The van der Waals surface area contributed by atoms with E-state index in [0.717, 1.165) is 0 Å². The third-order valence-electron chi connectivity index (χ3n) is 4.69. The van der Waals surface area contributed by atoms with Crippen molar-refractivity contribution in [3.05, 3.63) is 84.6 Å². The van der Waals surface area contributed by atoms with Crippen LogP contribution in [-0.4, -0.2) is 34.4 Å². The second-order valence-corrected chi connectivity index (χ2v) is 7.17. The molecule has 4 rings (SSSR count). The van der Waals surface area contributed by atoms with Crippen LogP contribution in [0.3, 0.4) is 0 Å². The van der Waals surface area contributed by atoms with E-state index < -0.39 is 18.5 Å². The molecule has 0 saturated carbocycles. The number of nitrogens with zero attached hydrogens (tertiary/aromatic N) is 2. The maximum absolute atomic E-state index is 12.9. The number of hydrogen-bond donors (Lipinski definition) is 2. The number of esters is 1. The van der Waals surface area contributed by atoms with Crippen LogP contribution >= 0.6 is 0 Å². The van der Waals surface area contributed by atoms with Crippen molar-refractivity contribution in [2.75, 3.05) is 17.2 Å². The molecule has 4 aromatic rings. The number of hydrogen-bond acceptors (Lipinski definition) is 6. The number of nitrogens with one attached hydrogen (secondary N) is 2. The summed E-state index contributed by atoms with van der Waals surface area (Å²) in [5.41, 5.74) is 3.20. The highest BCUT2D eigenvalue weighted by molar-refractivity contribution is 6.05. The Kier molecular flexibility index (Phi) is 6.36. The van der Waals surface area contributed by atoms with Gasteiger partial charge in [-0.1, -0.05) is 24.3 Å². The second-order valence-electron chi connectivity index (χ2n) is 7.17. The van der Waals surface area contributed by atoms with Gasteiger partial charge in [0, 0.05) is 29.9 Å². The maximum Gasteiger partial charge on any atom is 0.339 e. The fourth-order valence-corrected chi connectivity index (χ4v) is 3.24. The molecule has 2 heterocycles. The number of benzene rings is 2. The summed E-state index contributed by atoms with van der Waals surface area (Å²) in [5, 5.41) is 5.92. The zero-order chi connectivity index (χ0) is 23.2. The Morgan fingerprint density at radius 1 is 0.848 bits per heavy atom. The number of anilines is 2. The lowest BCUT2D eigenvalue weighted by Gasteiger charge is -2.10. The first kappa shape index (κ1) is 21.6. The fourth-order valence-electron chi connectivity index (χ4n) is 3.24. The number of para-hydroxylation sites is 1. The van der Waals surface area contributed by atoms with E-state index in [1.165, 1.54) is 6.92 Å². The smallest absolute Gasteiger partial charge is 0.339 e. The average Bonchev–Trinajstić information content (AvgIpc) is 2.83. The Hall–Kier alpha value is -4.59. The van der Waals surface area contributed by atoms with E-state index in [9.17, 15) is 14.4 Å². The normalized spacial score (nSPS) is 10.5. The second kappa shape index (κ2) is 9.69. The first-order valence-electron chi connectivity index (χ1n) is 10.2. The Morgan fingerprint density at radius 2 is 1.55 bits per heavy atom. The molecule has 0 unspecified atom stereocenters. The topological polar surface area (TPSA) is 110 Å². The quantitative estimate of drug-likeness (QED) is 0.438. The van der Waals surface area contributed by atoms with Crippen LogP contribution in [0.2, 0.25) is 0 Å². The summed E-state index contributed by atoms with van der Waals surface area (Å²) >= 11 is 0. The largest absolute Gasteiger partial charge is 0.452 e. The SMILES string of the molecule is CC(=O)Nc1ccc(NC(=O)COC(=O)c2cc(-c3ccccn3)nc3ccccc23)cc1. The number of amides is 2. The number of aromatic nitrogens is 2. The third-order valence-corrected chi connectivity index (χ3v) is 4.69. The van der Waals surface area contributed by atoms with Gasteiger partial charge in [0.25, 0.3) is 5.91 Å². The van der Waals surface area contributed by atoms with Crippen LogP contribution < -0.4 is 10.6 Å². The first-order valence-corrected chi connectivity index (χ1v) is 10.2. The Morgan fingerprint density at radius 3 is 2.24 bits per heavy atom. The highest BCUT2D eigenvalue weighted by atomic mass is 16.5. The molecule has 0 aliphatic heterocycles. The van der Waals surface area contributed by atoms with Gasteiger partial charge < -0.3 is 15.4 Å². The molecular formula is C25H20N4O4. The number of carbonyl (C=O) groups excluding carboxylic acids is 3. The number of pyridine rings is 2. The molecule has 164 valence electrons. The average molecular weight is 440 g/mol. The fraction of sp³-hybridized carbons (Fsp3) is 0.0800. The Bertz CT molecular complexity index is 1320. The molecule has 0 aliphatic carbocycles. The van der Waals surface area contributed by atoms with Gasteiger partial charge in [-0.15, -0.1) is 0 Å². The van der Waals surface area contributed by atoms with E-state index >= 15 is 0 Å². The van der Waals surface area contributed by atoms with Gasteiger partial charge in [0.2, 0.25) is 5.91 Å². The monoisotopic (exact) mass is 440 g/mol. The third kappa shape index (κ3) is 5.37. The van der Waals surface area contributed by atoms with Crippen molar-refractivity contribution in [1.82, 2.24) is 9.97 Å². The molecular weight excluding hydrogens is 420 g/mol. The Balaban J connectivity index is 1.47. The summed E-state index contributed by atoms with van der Waals surface area (Å²) in [7, 11) is 0. The summed E-state index contributed by atoms with van der Waals surface area (Å²) in [6.45, 7) is 0.956. The van der Waals surface area contributed by atoms with E-state index in [2.05, 4.69) is 20.6 Å². The van der Waals surface area contributed by atoms with Crippen LogP contribution in [0.15, 0.2) is 79.0 Å². The summed E-state index contributed by atoms with van der Waals surface area (Å²) in [4.78, 5) is 45.1. The van der Waals surface area contributed by atoms with Crippen LogP contribution in [0.25, 0.3) is 22.3 Å². The minimum Gasteiger partial charge on any atom is -0.452 e. The number of rotatable bonds is 6. The molecule has 0 fully saturated rings. The van der Waals surface area contributed by atoms with Gasteiger partial charge in [-0.2, -0.15) is 0 Å². The number of carbonyl (C=O) groups is 3. The molecule has 0 atom stereocenters. The molecule has 0 bridgehead atoms. The van der Waals surface area contributed by atoms with E-state index in [1.807, 2.05) is 12.1 Å². The van der Waals surface area contributed by atoms with E-state index in [4.69, 9.17) is 4.74 Å². The molecule has 0 aliphatic rings.